The van der Waals surface area contributed by atoms with Crippen LogP contribution in [0.1, 0.15) is 35.3 Å². The second kappa shape index (κ2) is 7.38. The lowest BCUT2D eigenvalue weighted by molar-refractivity contribution is 0.0921. The molecule has 0 atom stereocenters. The standard InChI is InChI=1S/C22H20FN3O2/c23-17-7-9-18(10-8-17)26-20(27)12-11-19(25-26)21(28)24-15-22(13-4-14-22)16-5-2-1-3-6-16/h1-3,5-12H,4,13-15H2,(H,24,28). The first-order valence-corrected chi connectivity index (χ1v) is 9.27. The molecule has 1 aromatic heterocycles. The zero-order valence-corrected chi connectivity index (χ0v) is 15.3. The molecule has 1 saturated carbocycles. The molecule has 0 saturated heterocycles. The number of hydrogen-bond acceptors (Lipinski definition) is 3. The Balaban J connectivity index is 1.53. The molecule has 0 aliphatic heterocycles. The molecule has 28 heavy (non-hydrogen) atoms. The van der Waals surface area contributed by atoms with Crippen LogP contribution in [0.15, 0.2) is 71.5 Å². The lowest BCUT2D eigenvalue weighted by Gasteiger charge is -2.42. The van der Waals surface area contributed by atoms with E-state index in [2.05, 4.69) is 22.5 Å². The monoisotopic (exact) mass is 377 g/mol. The summed E-state index contributed by atoms with van der Waals surface area (Å²) in [6.45, 7) is 0.521. The Morgan fingerprint density at radius 1 is 1.04 bits per heavy atom. The first kappa shape index (κ1) is 18.1. The molecular weight excluding hydrogens is 357 g/mol. The highest BCUT2D eigenvalue weighted by Crippen LogP contribution is 2.43. The van der Waals surface area contributed by atoms with Gasteiger partial charge in [-0.05, 0) is 48.7 Å². The third kappa shape index (κ3) is 3.45. The van der Waals surface area contributed by atoms with Crippen molar-refractivity contribution >= 4 is 5.91 Å². The molecule has 0 radical (unpaired) electrons. The van der Waals surface area contributed by atoms with Gasteiger partial charge in [0, 0.05) is 18.0 Å². The van der Waals surface area contributed by atoms with Gasteiger partial charge in [-0.15, -0.1) is 0 Å². The molecule has 0 bridgehead atoms. The van der Waals surface area contributed by atoms with Crippen LogP contribution in [0.25, 0.3) is 5.69 Å². The van der Waals surface area contributed by atoms with Gasteiger partial charge >= 0.3 is 0 Å². The number of rotatable bonds is 5. The zero-order valence-electron chi connectivity index (χ0n) is 15.3. The number of aromatic nitrogens is 2. The molecule has 1 aliphatic carbocycles. The fourth-order valence-corrected chi connectivity index (χ4v) is 3.60. The van der Waals surface area contributed by atoms with Crippen LogP contribution in [0.4, 0.5) is 4.39 Å². The maximum Gasteiger partial charge on any atom is 0.271 e. The van der Waals surface area contributed by atoms with Crippen LogP contribution < -0.4 is 10.9 Å². The Kier molecular flexibility index (Phi) is 4.77. The van der Waals surface area contributed by atoms with Crippen LogP contribution in [0.2, 0.25) is 0 Å². The van der Waals surface area contributed by atoms with E-state index in [-0.39, 0.29) is 22.6 Å². The molecule has 0 spiro atoms. The largest absolute Gasteiger partial charge is 0.350 e. The molecule has 0 unspecified atom stereocenters. The minimum Gasteiger partial charge on any atom is -0.350 e. The highest BCUT2D eigenvalue weighted by molar-refractivity contribution is 5.92. The lowest BCUT2D eigenvalue weighted by Crippen LogP contribution is -2.45. The fourth-order valence-electron chi connectivity index (χ4n) is 3.60. The smallest absolute Gasteiger partial charge is 0.271 e. The number of amides is 1. The Hall–Kier alpha value is -3.28. The number of carbonyl (C=O) groups excluding carboxylic acids is 1. The zero-order chi connectivity index (χ0) is 19.6. The van der Waals surface area contributed by atoms with Crippen molar-refractivity contribution in [2.24, 2.45) is 0 Å². The van der Waals surface area contributed by atoms with Crippen molar-refractivity contribution in [2.45, 2.75) is 24.7 Å². The SMILES string of the molecule is O=C(NCC1(c2ccccc2)CCC1)c1ccc(=O)n(-c2ccc(F)cc2)n1. The lowest BCUT2D eigenvalue weighted by atomic mass is 9.64. The topological polar surface area (TPSA) is 64.0 Å². The summed E-state index contributed by atoms with van der Waals surface area (Å²) >= 11 is 0. The van der Waals surface area contributed by atoms with Crippen molar-refractivity contribution in [1.82, 2.24) is 15.1 Å². The van der Waals surface area contributed by atoms with Gasteiger partial charge in [0.2, 0.25) is 0 Å². The molecule has 2 aromatic carbocycles. The summed E-state index contributed by atoms with van der Waals surface area (Å²) in [5, 5.41) is 7.13. The first-order chi connectivity index (χ1) is 13.6. The van der Waals surface area contributed by atoms with Gasteiger partial charge < -0.3 is 5.32 Å². The van der Waals surface area contributed by atoms with Crippen molar-refractivity contribution in [1.29, 1.82) is 0 Å². The van der Waals surface area contributed by atoms with E-state index in [1.54, 1.807) is 0 Å². The number of nitrogens with zero attached hydrogens (tertiary/aromatic N) is 2. The van der Waals surface area contributed by atoms with E-state index in [1.165, 1.54) is 42.0 Å². The van der Waals surface area contributed by atoms with Crippen LogP contribution in [0.5, 0.6) is 0 Å². The number of benzene rings is 2. The molecular formula is C22H20FN3O2. The van der Waals surface area contributed by atoms with Gasteiger partial charge in [-0.25, -0.2) is 4.39 Å². The normalized spacial score (nSPS) is 14.9. The summed E-state index contributed by atoms with van der Waals surface area (Å²) < 4.78 is 14.2. The molecule has 1 fully saturated rings. The second-order valence-electron chi connectivity index (χ2n) is 7.13. The van der Waals surface area contributed by atoms with Crippen LogP contribution in [-0.4, -0.2) is 22.2 Å². The van der Waals surface area contributed by atoms with Gasteiger partial charge in [0.1, 0.15) is 11.5 Å². The van der Waals surface area contributed by atoms with E-state index in [1.807, 2.05) is 18.2 Å². The van der Waals surface area contributed by atoms with E-state index in [9.17, 15) is 14.0 Å². The molecule has 5 nitrogen and oxygen atoms in total. The van der Waals surface area contributed by atoms with Crippen molar-refractivity contribution in [3.8, 4) is 5.69 Å². The number of halogens is 1. The molecule has 1 heterocycles. The van der Waals surface area contributed by atoms with E-state index in [0.29, 0.717) is 12.2 Å². The van der Waals surface area contributed by atoms with Crippen LogP contribution in [-0.2, 0) is 5.41 Å². The van der Waals surface area contributed by atoms with E-state index < -0.39 is 5.82 Å². The second-order valence-corrected chi connectivity index (χ2v) is 7.13. The van der Waals surface area contributed by atoms with E-state index >= 15 is 0 Å². The summed E-state index contributed by atoms with van der Waals surface area (Å²) in [6.07, 6.45) is 3.19. The summed E-state index contributed by atoms with van der Waals surface area (Å²) in [4.78, 5) is 24.8. The molecule has 1 N–H and O–H groups in total. The minimum atomic E-state index is -0.405. The summed E-state index contributed by atoms with van der Waals surface area (Å²) in [6, 6.07) is 18.3. The average Bonchev–Trinajstić information content (AvgIpc) is 2.69. The van der Waals surface area contributed by atoms with Crippen LogP contribution in [0.3, 0.4) is 0 Å². The van der Waals surface area contributed by atoms with Gasteiger partial charge in [-0.3, -0.25) is 9.59 Å². The Labute approximate surface area is 161 Å². The minimum absolute atomic E-state index is 0.0394. The van der Waals surface area contributed by atoms with Gasteiger partial charge in [-0.2, -0.15) is 9.78 Å². The third-order valence-electron chi connectivity index (χ3n) is 5.39. The fraction of sp³-hybridized carbons (Fsp3) is 0.227. The maximum atomic E-state index is 13.1. The number of hydrogen-bond donors (Lipinski definition) is 1. The highest BCUT2D eigenvalue weighted by atomic mass is 19.1. The maximum absolute atomic E-state index is 13.1. The molecule has 1 aliphatic rings. The predicted molar refractivity (Wildman–Crippen MR) is 104 cm³/mol. The Morgan fingerprint density at radius 2 is 1.75 bits per heavy atom. The summed E-state index contributed by atoms with van der Waals surface area (Å²) in [5.74, 6) is -0.740. The van der Waals surface area contributed by atoms with Crippen molar-refractivity contribution in [2.75, 3.05) is 6.54 Å². The molecule has 142 valence electrons. The number of carbonyl (C=O) groups is 1. The van der Waals surface area contributed by atoms with Crippen LogP contribution in [0, 0.1) is 5.82 Å². The third-order valence-corrected chi connectivity index (χ3v) is 5.39. The highest BCUT2D eigenvalue weighted by Gasteiger charge is 2.38. The summed E-state index contributed by atoms with van der Waals surface area (Å²) in [5.41, 5.74) is 1.35. The van der Waals surface area contributed by atoms with E-state index in [4.69, 9.17) is 0 Å². The quantitative estimate of drug-likeness (QED) is 0.743. The Bertz CT molecular complexity index is 1040. The number of nitrogens with one attached hydrogen (secondary N) is 1. The summed E-state index contributed by atoms with van der Waals surface area (Å²) in [7, 11) is 0. The van der Waals surface area contributed by atoms with Gasteiger partial charge in [0.15, 0.2) is 0 Å². The Morgan fingerprint density at radius 3 is 2.39 bits per heavy atom. The van der Waals surface area contributed by atoms with Gasteiger partial charge in [-0.1, -0.05) is 36.8 Å². The van der Waals surface area contributed by atoms with E-state index in [0.717, 1.165) is 23.9 Å². The van der Waals surface area contributed by atoms with Gasteiger partial charge in [0.05, 0.1) is 5.69 Å². The van der Waals surface area contributed by atoms with Crippen molar-refractivity contribution in [3.63, 3.8) is 0 Å². The molecule has 4 rings (SSSR count). The van der Waals surface area contributed by atoms with Crippen LogP contribution >= 0.6 is 0 Å². The van der Waals surface area contributed by atoms with Crippen molar-refractivity contribution in [3.05, 3.63) is 94.2 Å². The first-order valence-electron chi connectivity index (χ1n) is 9.27. The molecule has 3 aromatic rings. The molecule has 6 heteroatoms. The molecule has 1 amide bonds. The van der Waals surface area contributed by atoms with Gasteiger partial charge in [0.25, 0.3) is 11.5 Å². The average molecular weight is 377 g/mol. The predicted octanol–water partition coefficient (Wildman–Crippen LogP) is 3.22. The van der Waals surface area contributed by atoms with Crippen molar-refractivity contribution < 1.29 is 9.18 Å².